The van der Waals surface area contributed by atoms with Crippen molar-refractivity contribution in [1.29, 1.82) is 0 Å². The third-order valence-corrected chi connectivity index (χ3v) is 4.31. The van der Waals surface area contributed by atoms with E-state index in [-0.39, 0.29) is 5.91 Å². The van der Waals surface area contributed by atoms with Crippen LogP contribution in [0.4, 0.5) is 5.69 Å². The van der Waals surface area contributed by atoms with Crippen molar-refractivity contribution in [3.63, 3.8) is 0 Å². The normalized spacial score (nSPS) is 11.4. The molecule has 0 aromatic heterocycles. The third-order valence-electron chi connectivity index (χ3n) is 4.31. The Morgan fingerprint density at radius 1 is 0.821 bits per heavy atom. The number of hydrogen-bond donors (Lipinski definition) is 1. The van der Waals surface area contributed by atoms with Crippen LogP contribution in [0, 0.1) is 0 Å². The van der Waals surface area contributed by atoms with Crippen molar-refractivity contribution in [2.45, 2.75) is 13.0 Å². The Morgan fingerprint density at radius 2 is 1.46 bits per heavy atom. The minimum absolute atomic E-state index is 0.279. The third kappa shape index (κ3) is 4.62. The maximum absolute atomic E-state index is 12.5. The van der Waals surface area contributed by atoms with E-state index in [0.717, 1.165) is 11.1 Å². The second-order valence-corrected chi connectivity index (χ2v) is 6.21. The molecular formula is C23H23NO4. The van der Waals surface area contributed by atoms with Gasteiger partial charge in [-0.2, -0.15) is 0 Å². The second kappa shape index (κ2) is 8.95. The van der Waals surface area contributed by atoms with E-state index in [9.17, 15) is 4.79 Å². The number of carbonyl (C=O) groups excluding carboxylic acids is 1. The van der Waals surface area contributed by atoms with Gasteiger partial charge in [-0.15, -0.1) is 0 Å². The number of nitrogens with one attached hydrogen (secondary N) is 1. The lowest BCUT2D eigenvalue weighted by atomic mass is 10.1. The number of rotatable bonds is 7. The molecule has 3 aromatic rings. The maximum Gasteiger partial charge on any atom is 0.265 e. The van der Waals surface area contributed by atoms with Crippen LogP contribution in [-0.2, 0) is 4.79 Å². The smallest absolute Gasteiger partial charge is 0.265 e. The van der Waals surface area contributed by atoms with Gasteiger partial charge in [-0.25, -0.2) is 0 Å². The van der Waals surface area contributed by atoms with E-state index < -0.39 is 6.10 Å². The summed E-state index contributed by atoms with van der Waals surface area (Å²) in [6, 6.07) is 23.0. The van der Waals surface area contributed by atoms with Crippen LogP contribution in [0.25, 0.3) is 11.1 Å². The van der Waals surface area contributed by atoms with Crippen LogP contribution in [0.1, 0.15) is 6.92 Å². The Labute approximate surface area is 164 Å². The highest BCUT2D eigenvalue weighted by molar-refractivity contribution is 5.95. The van der Waals surface area contributed by atoms with Crippen molar-refractivity contribution in [2.24, 2.45) is 0 Å². The Bertz CT molecular complexity index is 923. The van der Waals surface area contributed by atoms with E-state index in [1.807, 2.05) is 54.6 Å². The Morgan fingerprint density at radius 3 is 2.11 bits per heavy atom. The number of carbonyl (C=O) groups is 1. The highest BCUT2D eigenvalue weighted by atomic mass is 16.5. The molecule has 0 bridgehead atoms. The molecule has 3 aromatic carbocycles. The Kier molecular flexibility index (Phi) is 6.17. The summed E-state index contributed by atoms with van der Waals surface area (Å²) < 4.78 is 16.3. The Hall–Kier alpha value is -3.47. The molecule has 1 atom stereocenters. The minimum Gasteiger partial charge on any atom is -0.497 e. The van der Waals surface area contributed by atoms with Crippen LogP contribution >= 0.6 is 0 Å². The van der Waals surface area contributed by atoms with Crippen molar-refractivity contribution in [3.05, 3.63) is 72.8 Å². The van der Waals surface area contributed by atoms with Gasteiger partial charge in [0.05, 0.1) is 19.9 Å². The first-order valence-electron chi connectivity index (χ1n) is 8.95. The van der Waals surface area contributed by atoms with Gasteiger partial charge in [0.25, 0.3) is 5.91 Å². The van der Waals surface area contributed by atoms with Gasteiger partial charge in [-0.05, 0) is 42.3 Å². The van der Waals surface area contributed by atoms with Gasteiger partial charge < -0.3 is 19.5 Å². The molecule has 0 radical (unpaired) electrons. The van der Waals surface area contributed by atoms with E-state index in [0.29, 0.717) is 22.9 Å². The number of anilines is 1. The van der Waals surface area contributed by atoms with Gasteiger partial charge in [0.2, 0.25) is 0 Å². The average molecular weight is 377 g/mol. The highest BCUT2D eigenvalue weighted by Crippen LogP contribution is 2.29. The molecule has 1 amide bonds. The molecule has 0 heterocycles. The fourth-order valence-electron chi connectivity index (χ4n) is 2.76. The first kappa shape index (κ1) is 19.3. The summed E-state index contributed by atoms with van der Waals surface area (Å²) in [6.45, 7) is 1.70. The monoisotopic (exact) mass is 377 g/mol. The van der Waals surface area contributed by atoms with Crippen LogP contribution in [-0.4, -0.2) is 26.2 Å². The van der Waals surface area contributed by atoms with E-state index in [1.54, 1.807) is 39.3 Å². The summed E-state index contributed by atoms with van der Waals surface area (Å²) in [6.07, 6.45) is -0.682. The lowest BCUT2D eigenvalue weighted by molar-refractivity contribution is -0.122. The van der Waals surface area contributed by atoms with E-state index >= 15 is 0 Å². The SMILES string of the molecule is COc1ccc(OC)c(NC(=O)[C@H](C)Oc2ccc(-c3ccccc3)cc2)c1. The molecular weight excluding hydrogens is 354 g/mol. The molecule has 0 aliphatic heterocycles. The molecule has 5 nitrogen and oxygen atoms in total. The van der Waals surface area contributed by atoms with Crippen molar-refractivity contribution in [3.8, 4) is 28.4 Å². The van der Waals surface area contributed by atoms with Crippen molar-refractivity contribution < 1.29 is 19.0 Å². The van der Waals surface area contributed by atoms with E-state index in [4.69, 9.17) is 14.2 Å². The second-order valence-electron chi connectivity index (χ2n) is 6.21. The number of benzene rings is 3. The molecule has 5 heteroatoms. The molecule has 0 fully saturated rings. The van der Waals surface area contributed by atoms with Gasteiger partial charge in [0, 0.05) is 6.07 Å². The van der Waals surface area contributed by atoms with Crippen LogP contribution < -0.4 is 19.5 Å². The topological polar surface area (TPSA) is 56.8 Å². The zero-order valence-electron chi connectivity index (χ0n) is 16.1. The molecule has 28 heavy (non-hydrogen) atoms. The molecule has 0 aliphatic rings. The molecule has 144 valence electrons. The van der Waals surface area contributed by atoms with Crippen LogP contribution in [0.5, 0.6) is 17.2 Å². The van der Waals surface area contributed by atoms with Gasteiger partial charge >= 0.3 is 0 Å². The highest BCUT2D eigenvalue weighted by Gasteiger charge is 2.17. The van der Waals surface area contributed by atoms with E-state index in [2.05, 4.69) is 5.32 Å². The summed E-state index contributed by atoms with van der Waals surface area (Å²) in [5, 5.41) is 2.82. The minimum atomic E-state index is -0.682. The van der Waals surface area contributed by atoms with Gasteiger partial charge in [0.15, 0.2) is 6.10 Å². The first-order valence-corrected chi connectivity index (χ1v) is 8.95. The molecule has 0 aliphatic carbocycles. The average Bonchev–Trinajstić information content (AvgIpc) is 2.74. The van der Waals surface area contributed by atoms with Gasteiger partial charge in [-0.1, -0.05) is 42.5 Å². The fourth-order valence-corrected chi connectivity index (χ4v) is 2.76. The summed E-state index contributed by atoms with van der Waals surface area (Å²) in [5.74, 6) is 1.52. The van der Waals surface area contributed by atoms with E-state index in [1.165, 1.54) is 0 Å². The zero-order chi connectivity index (χ0) is 19.9. The van der Waals surface area contributed by atoms with Crippen LogP contribution in [0.3, 0.4) is 0 Å². The standard InChI is InChI=1S/C23H23NO4/c1-16(23(25)24-21-15-20(26-2)13-14-22(21)27-3)28-19-11-9-18(10-12-19)17-7-5-4-6-8-17/h4-16H,1-3H3,(H,24,25)/t16-/m0/s1. The molecule has 0 saturated heterocycles. The summed E-state index contributed by atoms with van der Waals surface area (Å²) >= 11 is 0. The van der Waals surface area contributed by atoms with Crippen LogP contribution in [0.15, 0.2) is 72.8 Å². The molecule has 3 rings (SSSR count). The van der Waals surface area contributed by atoms with Gasteiger partial charge in [-0.3, -0.25) is 4.79 Å². The van der Waals surface area contributed by atoms with Crippen molar-refractivity contribution in [2.75, 3.05) is 19.5 Å². The molecule has 0 saturated carbocycles. The fraction of sp³-hybridized carbons (Fsp3) is 0.174. The molecule has 1 N–H and O–H groups in total. The lowest BCUT2D eigenvalue weighted by Crippen LogP contribution is -2.30. The summed E-state index contributed by atoms with van der Waals surface area (Å²) in [4.78, 5) is 12.5. The summed E-state index contributed by atoms with van der Waals surface area (Å²) in [7, 11) is 3.12. The predicted octanol–water partition coefficient (Wildman–Crippen LogP) is 4.78. The van der Waals surface area contributed by atoms with Crippen LogP contribution in [0.2, 0.25) is 0 Å². The maximum atomic E-state index is 12.5. The van der Waals surface area contributed by atoms with Gasteiger partial charge in [0.1, 0.15) is 17.2 Å². The van der Waals surface area contributed by atoms with Crippen molar-refractivity contribution >= 4 is 11.6 Å². The Balaban J connectivity index is 1.66. The molecule has 0 spiro atoms. The quantitative estimate of drug-likeness (QED) is 0.644. The number of methoxy groups -OCH3 is 2. The molecule has 0 unspecified atom stereocenters. The number of ether oxygens (including phenoxy) is 3. The predicted molar refractivity (Wildman–Crippen MR) is 110 cm³/mol. The lowest BCUT2D eigenvalue weighted by Gasteiger charge is -2.17. The van der Waals surface area contributed by atoms with Crippen molar-refractivity contribution in [1.82, 2.24) is 0 Å². The first-order chi connectivity index (χ1) is 13.6. The number of hydrogen-bond acceptors (Lipinski definition) is 4. The zero-order valence-corrected chi connectivity index (χ0v) is 16.1. The largest absolute Gasteiger partial charge is 0.497 e. The summed E-state index contributed by atoms with van der Waals surface area (Å²) in [5.41, 5.74) is 2.75. The number of amides is 1.